The molecule has 0 unspecified atom stereocenters. The van der Waals surface area contributed by atoms with Gasteiger partial charge < -0.3 is 0 Å². The van der Waals surface area contributed by atoms with E-state index >= 15 is 0 Å². The number of unbranched alkanes of at least 4 members (excludes halogenated alkanes) is 1. The Bertz CT molecular complexity index is 308. The summed E-state index contributed by atoms with van der Waals surface area (Å²) < 4.78 is 1.56. The number of aromatic nitrogens is 2. The van der Waals surface area contributed by atoms with Gasteiger partial charge in [-0.2, -0.15) is 0 Å². The SMILES string of the molecule is CCCCn1cnc(Cl)cc1=O. The molecule has 4 heteroatoms. The van der Waals surface area contributed by atoms with Gasteiger partial charge in [-0.25, -0.2) is 4.98 Å². The van der Waals surface area contributed by atoms with Gasteiger partial charge in [0.15, 0.2) is 0 Å². The number of aryl methyl sites for hydroxylation is 1. The van der Waals surface area contributed by atoms with E-state index in [1.165, 1.54) is 12.4 Å². The molecule has 1 aromatic rings. The Morgan fingerprint density at radius 3 is 3.00 bits per heavy atom. The molecule has 0 fully saturated rings. The van der Waals surface area contributed by atoms with Crippen LogP contribution in [-0.2, 0) is 6.54 Å². The van der Waals surface area contributed by atoms with Crippen molar-refractivity contribution >= 4 is 11.6 Å². The van der Waals surface area contributed by atoms with Crippen molar-refractivity contribution in [2.24, 2.45) is 0 Å². The number of rotatable bonds is 3. The van der Waals surface area contributed by atoms with Crippen LogP contribution in [0.2, 0.25) is 5.15 Å². The molecule has 0 N–H and O–H groups in total. The molecule has 1 heterocycles. The van der Waals surface area contributed by atoms with Crippen LogP contribution in [0.1, 0.15) is 19.8 Å². The van der Waals surface area contributed by atoms with Crippen LogP contribution >= 0.6 is 11.6 Å². The standard InChI is InChI=1S/C8H11ClN2O/c1-2-3-4-11-6-10-7(9)5-8(11)12/h5-6H,2-4H2,1H3. The Balaban J connectivity index is 2.80. The fourth-order valence-corrected chi connectivity index (χ4v) is 1.04. The molecule has 0 saturated carbocycles. The van der Waals surface area contributed by atoms with Crippen LogP contribution in [0.15, 0.2) is 17.2 Å². The lowest BCUT2D eigenvalue weighted by Crippen LogP contribution is -2.19. The number of hydrogen-bond donors (Lipinski definition) is 0. The van der Waals surface area contributed by atoms with Crippen LogP contribution in [0.4, 0.5) is 0 Å². The molecule has 0 aliphatic carbocycles. The van der Waals surface area contributed by atoms with E-state index in [2.05, 4.69) is 11.9 Å². The number of halogens is 1. The summed E-state index contributed by atoms with van der Waals surface area (Å²) in [4.78, 5) is 15.0. The third-order valence-electron chi connectivity index (χ3n) is 1.60. The summed E-state index contributed by atoms with van der Waals surface area (Å²) in [6.07, 6.45) is 3.54. The first-order valence-corrected chi connectivity index (χ1v) is 4.34. The van der Waals surface area contributed by atoms with Crippen LogP contribution < -0.4 is 5.56 Å². The largest absolute Gasteiger partial charge is 0.299 e. The van der Waals surface area contributed by atoms with Crippen molar-refractivity contribution in [3.63, 3.8) is 0 Å². The minimum Gasteiger partial charge on any atom is -0.299 e. The Morgan fingerprint density at radius 1 is 1.67 bits per heavy atom. The maximum absolute atomic E-state index is 11.2. The second-order valence-electron chi connectivity index (χ2n) is 2.60. The second-order valence-corrected chi connectivity index (χ2v) is 2.98. The molecule has 0 atom stereocenters. The molecule has 1 aromatic heterocycles. The van der Waals surface area contributed by atoms with E-state index in [4.69, 9.17) is 11.6 Å². The summed E-state index contributed by atoms with van der Waals surface area (Å²) in [6.45, 7) is 2.80. The maximum Gasteiger partial charge on any atom is 0.254 e. The smallest absolute Gasteiger partial charge is 0.254 e. The Hall–Kier alpha value is -0.830. The number of hydrogen-bond acceptors (Lipinski definition) is 2. The normalized spacial score (nSPS) is 10.2. The molecule has 0 radical (unpaired) electrons. The van der Waals surface area contributed by atoms with Gasteiger partial charge in [0.05, 0.1) is 6.33 Å². The Morgan fingerprint density at radius 2 is 2.42 bits per heavy atom. The fourth-order valence-electron chi connectivity index (χ4n) is 0.900. The summed E-state index contributed by atoms with van der Waals surface area (Å²) in [5.74, 6) is 0. The maximum atomic E-state index is 11.2. The average Bonchev–Trinajstić information content (AvgIpc) is 2.03. The third-order valence-corrected chi connectivity index (χ3v) is 1.81. The van der Waals surface area contributed by atoms with E-state index in [0.29, 0.717) is 0 Å². The molecule has 0 aliphatic heterocycles. The summed E-state index contributed by atoms with van der Waals surface area (Å²) >= 11 is 5.53. The van der Waals surface area contributed by atoms with Crippen molar-refractivity contribution in [1.29, 1.82) is 0 Å². The lowest BCUT2D eigenvalue weighted by molar-refractivity contribution is 0.603. The van der Waals surface area contributed by atoms with Gasteiger partial charge in [-0.1, -0.05) is 24.9 Å². The van der Waals surface area contributed by atoms with Gasteiger partial charge in [-0.05, 0) is 6.42 Å². The van der Waals surface area contributed by atoms with Crippen molar-refractivity contribution in [1.82, 2.24) is 9.55 Å². The number of nitrogens with zero attached hydrogens (tertiary/aromatic N) is 2. The van der Waals surface area contributed by atoms with E-state index in [0.717, 1.165) is 19.4 Å². The quantitative estimate of drug-likeness (QED) is 0.674. The third kappa shape index (κ3) is 2.34. The monoisotopic (exact) mass is 186 g/mol. The van der Waals surface area contributed by atoms with Gasteiger partial charge in [0.2, 0.25) is 0 Å². The highest BCUT2D eigenvalue weighted by molar-refractivity contribution is 6.29. The van der Waals surface area contributed by atoms with Crippen molar-refractivity contribution in [2.45, 2.75) is 26.3 Å². The van der Waals surface area contributed by atoms with E-state index in [1.54, 1.807) is 4.57 Å². The molecule has 0 saturated heterocycles. The van der Waals surface area contributed by atoms with E-state index < -0.39 is 0 Å². The highest BCUT2D eigenvalue weighted by Gasteiger charge is 1.95. The van der Waals surface area contributed by atoms with Gasteiger partial charge in [0.1, 0.15) is 5.15 Å². The fraction of sp³-hybridized carbons (Fsp3) is 0.500. The highest BCUT2D eigenvalue weighted by Crippen LogP contribution is 1.97. The average molecular weight is 187 g/mol. The van der Waals surface area contributed by atoms with Gasteiger partial charge in [0, 0.05) is 12.6 Å². The van der Waals surface area contributed by atoms with Gasteiger partial charge in [-0.3, -0.25) is 9.36 Å². The molecular weight excluding hydrogens is 176 g/mol. The zero-order valence-electron chi connectivity index (χ0n) is 6.96. The zero-order chi connectivity index (χ0) is 8.97. The summed E-state index contributed by atoms with van der Waals surface area (Å²) in [7, 11) is 0. The van der Waals surface area contributed by atoms with E-state index in [1.807, 2.05) is 0 Å². The van der Waals surface area contributed by atoms with Crippen LogP contribution in [-0.4, -0.2) is 9.55 Å². The van der Waals surface area contributed by atoms with Crippen molar-refractivity contribution in [3.8, 4) is 0 Å². The van der Waals surface area contributed by atoms with Gasteiger partial charge in [0.25, 0.3) is 5.56 Å². The van der Waals surface area contributed by atoms with E-state index in [9.17, 15) is 4.79 Å². The molecule has 66 valence electrons. The molecule has 1 rings (SSSR count). The van der Waals surface area contributed by atoms with Crippen molar-refractivity contribution in [2.75, 3.05) is 0 Å². The summed E-state index contributed by atoms with van der Waals surface area (Å²) in [5, 5.41) is 0.257. The Labute approximate surface area is 76.0 Å². The summed E-state index contributed by atoms with van der Waals surface area (Å²) in [6, 6.07) is 1.33. The Kier molecular flexibility index (Phi) is 3.29. The minimum absolute atomic E-state index is 0.0801. The van der Waals surface area contributed by atoms with Crippen LogP contribution in [0.25, 0.3) is 0 Å². The van der Waals surface area contributed by atoms with Crippen molar-refractivity contribution < 1.29 is 0 Å². The van der Waals surface area contributed by atoms with E-state index in [-0.39, 0.29) is 10.7 Å². The van der Waals surface area contributed by atoms with Crippen LogP contribution in [0.5, 0.6) is 0 Å². The molecule has 12 heavy (non-hydrogen) atoms. The first kappa shape index (κ1) is 9.26. The molecule has 0 spiro atoms. The molecular formula is C8H11ClN2O. The molecule has 3 nitrogen and oxygen atoms in total. The zero-order valence-corrected chi connectivity index (χ0v) is 7.71. The highest BCUT2D eigenvalue weighted by atomic mass is 35.5. The predicted octanol–water partition coefficient (Wildman–Crippen LogP) is 1.70. The van der Waals surface area contributed by atoms with Gasteiger partial charge in [-0.15, -0.1) is 0 Å². The van der Waals surface area contributed by atoms with Crippen molar-refractivity contribution in [3.05, 3.63) is 27.9 Å². The first-order valence-electron chi connectivity index (χ1n) is 3.96. The van der Waals surface area contributed by atoms with Crippen LogP contribution in [0.3, 0.4) is 0 Å². The lowest BCUT2D eigenvalue weighted by Gasteiger charge is -2.01. The first-order chi connectivity index (χ1) is 5.74. The predicted molar refractivity (Wildman–Crippen MR) is 48.4 cm³/mol. The molecule has 0 bridgehead atoms. The molecule has 0 aromatic carbocycles. The molecule has 0 amide bonds. The van der Waals surface area contributed by atoms with Crippen LogP contribution in [0, 0.1) is 0 Å². The topological polar surface area (TPSA) is 34.9 Å². The minimum atomic E-state index is -0.0801. The van der Waals surface area contributed by atoms with Gasteiger partial charge >= 0.3 is 0 Å². The lowest BCUT2D eigenvalue weighted by atomic mass is 10.3. The summed E-state index contributed by atoms with van der Waals surface area (Å²) in [5.41, 5.74) is -0.0801. The molecule has 0 aliphatic rings. The second kappa shape index (κ2) is 4.26.